The molecule has 0 radical (unpaired) electrons. The molecule has 1 aromatic heterocycles. The number of hydrogen-bond acceptors (Lipinski definition) is 3. The zero-order valence-electron chi connectivity index (χ0n) is 11.4. The summed E-state index contributed by atoms with van der Waals surface area (Å²) in [5.74, 6) is 2.90. The molecule has 4 nitrogen and oxygen atoms in total. The molecule has 1 amide bonds. The maximum atomic E-state index is 12.1. The normalized spacial score (nSPS) is 12.0. The monoisotopic (exact) mass is 279 g/mol. The van der Waals surface area contributed by atoms with Crippen LogP contribution in [0.1, 0.15) is 55.8 Å². The second kappa shape index (κ2) is 7.10. The Balaban J connectivity index is 2.93. The number of amides is 1. The zero-order chi connectivity index (χ0) is 14.4. The van der Waals surface area contributed by atoms with Crippen LogP contribution in [0.3, 0.4) is 0 Å². The van der Waals surface area contributed by atoms with Crippen molar-refractivity contribution < 1.29 is 4.79 Å². The lowest BCUT2D eigenvalue weighted by Gasteiger charge is -2.13. The van der Waals surface area contributed by atoms with Crippen molar-refractivity contribution >= 4 is 17.5 Å². The van der Waals surface area contributed by atoms with Gasteiger partial charge in [0.2, 0.25) is 0 Å². The molecule has 5 heteroatoms. The fourth-order valence-electron chi connectivity index (χ4n) is 1.53. The van der Waals surface area contributed by atoms with Crippen molar-refractivity contribution in [3.05, 3.63) is 22.7 Å². The summed E-state index contributed by atoms with van der Waals surface area (Å²) in [4.78, 5) is 20.4. The van der Waals surface area contributed by atoms with Crippen molar-refractivity contribution in [3.63, 3.8) is 0 Å². The first-order chi connectivity index (χ1) is 8.99. The van der Waals surface area contributed by atoms with E-state index >= 15 is 0 Å². The van der Waals surface area contributed by atoms with Crippen molar-refractivity contribution in [2.45, 2.75) is 45.6 Å². The SMILES string of the molecule is C#CC(CCC)NC(=O)c1nc(C(C)C)ncc1Cl. The molecule has 0 fully saturated rings. The van der Waals surface area contributed by atoms with Crippen molar-refractivity contribution in [1.82, 2.24) is 15.3 Å². The molecule has 0 aliphatic rings. The number of rotatable bonds is 5. The van der Waals surface area contributed by atoms with Crippen LogP contribution in [0.15, 0.2) is 6.20 Å². The summed E-state index contributed by atoms with van der Waals surface area (Å²) in [6, 6.07) is -0.300. The number of halogens is 1. The minimum absolute atomic E-state index is 0.128. The van der Waals surface area contributed by atoms with Crippen molar-refractivity contribution in [2.24, 2.45) is 0 Å². The minimum Gasteiger partial charge on any atom is -0.337 e. The minimum atomic E-state index is -0.356. The van der Waals surface area contributed by atoms with Gasteiger partial charge in [-0.2, -0.15) is 0 Å². The van der Waals surface area contributed by atoms with Crippen LogP contribution < -0.4 is 5.32 Å². The molecule has 0 aliphatic carbocycles. The van der Waals surface area contributed by atoms with E-state index in [0.717, 1.165) is 12.8 Å². The van der Waals surface area contributed by atoms with Crippen molar-refractivity contribution in [1.29, 1.82) is 0 Å². The molecule has 1 atom stereocenters. The van der Waals surface area contributed by atoms with Gasteiger partial charge in [0, 0.05) is 5.92 Å². The average Bonchev–Trinajstić information content (AvgIpc) is 2.38. The second-order valence-corrected chi connectivity index (χ2v) is 4.97. The van der Waals surface area contributed by atoms with E-state index in [4.69, 9.17) is 18.0 Å². The van der Waals surface area contributed by atoms with E-state index in [1.54, 1.807) is 0 Å². The first-order valence-electron chi connectivity index (χ1n) is 6.29. The predicted molar refractivity (Wildman–Crippen MR) is 76.1 cm³/mol. The highest BCUT2D eigenvalue weighted by molar-refractivity contribution is 6.33. The summed E-state index contributed by atoms with van der Waals surface area (Å²) in [6.07, 6.45) is 8.44. The van der Waals surface area contributed by atoms with E-state index in [-0.39, 0.29) is 28.6 Å². The van der Waals surface area contributed by atoms with Crippen molar-refractivity contribution in [2.75, 3.05) is 0 Å². The molecular formula is C14H18ClN3O. The molecule has 1 heterocycles. The van der Waals surface area contributed by atoms with Crippen LogP contribution in [0.5, 0.6) is 0 Å². The number of carbonyl (C=O) groups is 1. The number of nitrogens with one attached hydrogen (secondary N) is 1. The molecule has 0 saturated heterocycles. The van der Waals surface area contributed by atoms with Crippen LogP contribution in [-0.4, -0.2) is 21.9 Å². The van der Waals surface area contributed by atoms with E-state index in [1.807, 2.05) is 20.8 Å². The van der Waals surface area contributed by atoms with Gasteiger partial charge in [-0.3, -0.25) is 4.79 Å². The van der Waals surface area contributed by atoms with Gasteiger partial charge in [0.05, 0.1) is 17.3 Å². The first-order valence-corrected chi connectivity index (χ1v) is 6.66. The number of nitrogens with zero attached hydrogens (tertiary/aromatic N) is 2. The smallest absolute Gasteiger partial charge is 0.272 e. The van der Waals surface area contributed by atoms with Crippen LogP contribution >= 0.6 is 11.6 Å². The summed E-state index contributed by atoms with van der Waals surface area (Å²) >= 11 is 5.96. The highest BCUT2D eigenvalue weighted by Crippen LogP contribution is 2.16. The summed E-state index contributed by atoms with van der Waals surface area (Å²) < 4.78 is 0. The molecule has 0 aromatic carbocycles. The summed E-state index contributed by atoms with van der Waals surface area (Å²) in [5, 5.41) is 2.97. The third kappa shape index (κ3) is 4.22. The van der Waals surface area contributed by atoms with E-state index in [9.17, 15) is 4.79 Å². The highest BCUT2D eigenvalue weighted by atomic mass is 35.5. The van der Waals surface area contributed by atoms with Gasteiger partial charge in [0.15, 0.2) is 0 Å². The van der Waals surface area contributed by atoms with Gasteiger partial charge in [-0.05, 0) is 6.42 Å². The third-order valence-corrected chi connectivity index (χ3v) is 2.85. The lowest BCUT2D eigenvalue weighted by molar-refractivity contribution is 0.0939. The Bertz CT molecular complexity index is 494. The van der Waals surface area contributed by atoms with Crippen molar-refractivity contribution in [3.8, 4) is 12.3 Å². The quantitative estimate of drug-likeness (QED) is 0.843. The molecular weight excluding hydrogens is 262 g/mol. The molecule has 1 aromatic rings. The van der Waals surface area contributed by atoms with Gasteiger partial charge in [-0.25, -0.2) is 9.97 Å². The topological polar surface area (TPSA) is 54.9 Å². The molecule has 19 heavy (non-hydrogen) atoms. The summed E-state index contributed by atoms with van der Waals surface area (Å²) in [6.45, 7) is 5.91. The first kappa shape index (κ1) is 15.5. The van der Waals surface area contributed by atoms with Gasteiger partial charge < -0.3 is 5.32 Å². The third-order valence-electron chi connectivity index (χ3n) is 2.58. The zero-order valence-corrected chi connectivity index (χ0v) is 12.2. The molecule has 102 valence electrons. The Hall–Kier alpha value is -1.60. The molecule has 0 aliphatic heterocycles. The largest absolute Gasteiger partial charge is 0.337 e. The number of carbonyl (C=O) groups excluding carboxylic acids is 1. The van der Waals surface area contributed by atoms with E-state index < -0.39 is 0 Å². The Morgan fingerprint density at radius 1 is 1.58 bits per heavy atom. The Morgan fingerprint density at radius 3 is 2.79 bits per heavy atom. The number of terminal acetylenes is 1. The van der Waals surface area contributed by atoms with Crippen LogP contribution in [0.25, 0.3) is 0 Å². The number of aromatic nitrogens is 2. The van der Waals surface area contributed by atoms with Gasteiger partial charge in [-0.15, -0.1) is 6.42 Å². The van der Waals surface area contributed by atoms with Crippen LogP contribution in [0.4, 0.5) is 0 Å². The molecule has 1 rings (SSSR count). The fraction of sp³-hybridized carbons (Fsp3) is 0.500. The fourth-order valence-corrected chi connectivity index (χ4v) is 1.71. The second-order valence-electron chi connectivity index (χ2n) is 4.56. The van der Waals surface area contributed by atoms with Crippen LogP contribution in [0.2, 0.25) is 5.02 Å². The van der Waals surface area contributed by atoms with E-state index in [1.165, 1.54) is 6.20 Å². The standard InChI is InChI=1S/C14H18ClN3O/c1-5-7-10(6-2)17-14(19)12-11(15)8-16-13(18-12)9(3)4/h2,8-10H,5,7H2,1,3-4H3,(H,17,19). The molecule has 0 bridgehead atoms. The Kier molecular flexibility index (Phi) is 5.78. The molecule has 1 N–H and O–H groups in total. The highest BCUT2D eigenvalue weighted by Gasteiger charge is 2.17. The molecule has 0 saturated carbocycles. The Labute approximate surface area is 119 Å². The van der Waals surface area contributed by atoms with Gasteiger partial charge in [0.25, 0.3) is 5.91 Å². The van der Waals surface area contributed by atoms with E-state index in [2.05, 4.69) is 21.2 Å². The van der Waals surface area contributed by atoms with Gasteiger partial charge in [-0.1, -0.05) is 44.7 Å². The average molecular weight is 280 g/mol. The summed E-state index contributed by atoms with van der Waals surface area (Å²) in [7, 11) is 0. The van der Waals surface area contributed by atoms with Crippen LogP contribution in [-0.2, 0) is 0 Å². The summed E-state index contributed by atoms with van der Waals surface area (Å²) in [5.41, 5.74) is 0.178. The maximum absolute atomic E-state index is 12.1. The van der Waals surface area contributed by atoms with Crippen LogP contribution in [0, 0.1) is 12.3 Å². The van der Waals surface area contributed by atoms with Gasteiger partial charge in [0.1, 0.15) is 11.5 Å². The lowest BCUT2D eigenvalue weighted by atomic mass is 10.1. The van der Waals surface area contributed by atoms with E-state index in [0.29, 0.717) is 5.82 Å². The maximum Gasteiger partial charge on any atom is 0.272 e. The lowest BCUT2D eigenvalue weighted by Crippen LogP contribution is -2.34. The number of hydrogen-bond donors (Lipinski definition) is 1. The molecule has 1 unspecified atom stereocenters. The van der Waals surface area contributed by atoms with Gasteiger partial charge >= 0.3 is 0 Å². The predicted octanol–water partition coefficient (Wildman–Crippen LogP) is 2.79. The Morgan fingerprint density at radius 2 is 2.26 bits per heavy atom. The molecule has 0 spiro atoms.